The van der Waals surface area contributed by atoms with Crippen molar-refractivity contribution >= 4 is 11.7 Å². The minimum absolute atomic E-state index is 0.166. The molecule has 0 bridgehead atoms. The number of hydrogen-bond donors (Lipinski definition) is 0. The number of hydrazine groups is 1. The van der Waals surface area contributed by atoms with Crippen LogP contribution >= 0.6 is 0 Å². The van der Waals surface area contributed by atoms with Crippen molar-refractivity contribution in [3.8, 4) is 11.1 Å². The second kappa shape index (κ2) is 4.97. The van der Waals surface area contributed by atoms with Gasteiger partial charge >= 0.3 is 0 Å². The van der Waals surface area contributed by atoms with Gasteiger partial charge < -0.3 is 0 Å². The van der Waals surface area contributed by atoms with Gasteiger partial charge in [-0.25, -0.2) is 15.0 Å². The number of hydrogen-bond acceptors (Lipinski definition) is 3. The number of aromatic nitrogens is 1. The maximum atomic E-state index is 12.2. The van der Waals surface area contributed by atoms with Gasteiger partial charge in [-0.15, -0.1) is 0 Å². The van der Waals surface area contributed by atoms with E-state index in [9.17, 15) is 4.79 Å². The van der Waals surface area contributed by atoms with Gasteiger partial charge in [-0.1, -0.05) is 30.3 Å². The van der Waals surface area contributed by atoms with Gasteiger partial charge in [-0.05, 0) is 30.5 Å². The molecular formula is C17H17N3O. The summed E-state index contributed by atoms with van der Waals surface area (Å²) in [6.07, 6.45) is 4.75. The van der Waals surface area contributed by atoms with E-state index < -0.39 is 0 Å². The van der Waals surface area contributed by atoms with Crippen molar-refractivity contribution in [2.24, 2.45) is 0 Å². The minimum Gasteiger partial charge on any atom is -0.273 e. The van der Waals surface area contributed by atoms with Gasteiger partial charge in [0.2, 0.25) is 5.91 Å². The van der Waals surface area contributed by atoms with Crippen LogP contribution in [0.5, 0.6) is 0 Å². The summed E-state index contributed by atoms with van der Waals surface area (Å²) in [4.78, 5) is 16.7. The average Bonchev–Trinajstić information content (AvgIpc) is 3.08. The third kappa shape index (κ3) is 2.12. The predicted octanol–water partition coefficient (Wildman–Crippen LogP) is 2.86. The zero-order chi connectivity index (χ0) is 14.2. The summed E-state index contributed by atoms with van der Waals surface area (Å²) >= 11 is 0. The summed E-state index contributed by atoms with van der Waals surface area (Å²) in [5.41, 5.74) is 2.22. The van der Waals surface area contributed by atoms with Crippen LogP contribution in [0.1, 0.15) is 19.3 Å². The highest BCUT2D eigenvalue weighted by Crippen LogP contribution is 2.32. The molecule has 2 aliphatic rings. The van der Waals surface area contributed by atoms with Crippen molar-refractivity contribution in [1.82, 2.24) is 9.99 Å². The average molecular weight is 279 g/mol. The van der Waals surface area contributed by atoms with E-state index in [1.165, 1.54) is 0 Å². The smallest absolute Gasteiger partial charge is 0.244 e. The Balaban J connectivity index is 1.63. The number of anilines is 1. The molecule has 0 aliphatic carbocycles. The van der Waals surface area contributed by atoms with Crippen molar-refractivity contribution in [3.63, 3.8) is 0 Å². The highest BCUT2D eigenvalue weighted by Gasteiger charge is 2.41. The number of carbonyl (C=O) groups excluding carboxylic acids is 1. The van der Waals surface area contributed by atoms with Crippen LogP contribution in [0, 0.1) is 0 Å². The maximum absolute atomic E-state index is 12.2. The molecule has 106 valence electrons. The van der Waals surface area contributed by atoms with Crippen LogP contribution < -0.4 is 5.01 Å². The second-order valence-corrected chi connectivity index (χ2v) is 5.64. The molecule has 1 amide bonds. The van der Waals surface area contributed by atoms with Gasteiger partial charge in [0.15, 0.2) is 0 Å². The fraction of sp³-hybridized carbons (Fsp3) is 0.294. The monoisotopic (exact) mass is 279 g/mol. The molecular weight excluding hydrogens is 262 g/mol. The molecule has 1 atom stereocenters. The molecule has 0 saturated carbocycles. The van der Waals surface area contributed by atoms with Crippen LogP contribution in [0.4, 0.5) is 5.82 Å². The Kier molecular flexibility index (Phi) is 2.97. The van der Waals surface area contributed by atoms with E-state index >= 15 is 0 Å². The molecule has 1 aromatic carbocycles. The summed E-state index contributed by atoms with van der Waals surface area (Å²) in [5, 5.41) is 3.94. The molecule has 2 fully saturated rings. The van der Waals surface area contributed by atoms with E-state index in [0.717, 1.165) is 36.3 Å². The van der Waals surface area contributed by atoms with Crippen LogP contribution in [-0.4, -0.2) is 28.5 Å². The number of rotatable bonds is 2. The first-order chi connectivity index (χ1) is 10.3. The third-order valence-corrected chi connectivity index (χ3v) is 4.32. The lowest BCUT2D eigenvalue weighted by Crippen LogP contribution is -2.40. The summed E-state index contributed by atoms with van der Waals surface area (Å²) in [6.45, 7) is 0.957. The Morgan fingerprint density at radius 1 is 1.05 bits per heavy atom. The van der Waals surface area contributed by atoms with Crippen molar-refractivity contribution in [2.75, 3.05) is 11.6 Å². The molecule has 4 rings (SSSR count). The lowest BCUT2D eigenvalue weighted by molar-refractivity contribution is -0.118. The molecule has 4 nitrogen and oxygen atoms in total. The number of nitrogens with zero attached hydrogens (tertiary/aromatic N) is 3. The predicted molar refractivity (Wildman–Crippen MR) is 81.5 cm³/mol. The standard InChI is InChI=1S/C17H17N3O/c21-17-11-15-7-4-10-19(15)20(17)16-9-8-14(12-18-16)13-5-2-1-3-6-13/h1-3,5-6,8-9,12,15H,4,7,10-11H2. The van der Waals surface area contributed by atoms with Crippen LogP contribution in [0.3, 0.4) is 0 Å². The van der Waals surface area contributed by atoms with E-state index in [0.29, 0.717) is 12.5 Å². The third-order valence-electron chi connectivity index (χ3n) is 4.32. The summed E-state index contributed by atoms with van der Waals surface area (Å²) in [6, 6.07) is 14.5. The van der Waals surface area contributed by atoms with Crippen molar-refractivity contribution < 1.29 is 4.79 Å². The number of benzene rings is 1. The quantitative estimate of drug-likeness (QED) is 0.848. The maximum Gasteiger partial charge on any atom is 0.244 e. The fourth-order valence-electron chi connectivity index (χ4n) is 3.29. The zero-order valence-electron chi connectivity index (χ0n) is 11.8. The lowest BCUT2D eigenvalue weighted by atomic mass is 10.1. The van der Waals surface area contributed by atoms with E-state index in [4.69, 9.17) is 0 Å². The molecule has 0 N–H and O–H groups in total. The lowest BCUT2D eigenvalue weighted by Gasteiger charge is -2.26. The Hall–Kier alpha value is -2.20. The molecule has 2 aliphatic heterocycles. The van der Waals surface area contributed by atoms with Gasteiger partial charge in [0.1, 0.15) is 5.82 Å². The van der Waals surface area contributed by atoms with E-state index in [2.05, 4.69) is 22.1 Å². The molecule has 1 aromatic heterocycles. The molecule has 4 heteroatoms. The van der Waals surface area contributed by atoms with Gasteiger partial charge in [0.25, 0.3) is 0 Å². The van der Waals surface area contributed by atoms with E-state index in [1.807, 2.05) is 36.5 Å². The van der Waals surface area contributed by atoms with Gasteiger partial charge in [0.05, 0.1) is 0 Å². The minimum atomic E-state index is 0.166. The van der Waals surface area contributed by atoms with Crippen molar-refractivity contribution in [2.45, 2.75) is 25.3 Å². The van der Waals surface area contributed by atoms with Crippen LogP contribution in [-0.2, 0) is 4.79 Å². The number of carbonyl (C=O) groups is 1. The normalized spacial score (nSPS) is 21.8. The Bertz CT molecular complexity index is 653. The van der Waals surface area contributed by atoms with Gasteiger partial charge in [-0.3, -0.25) is 4.79 Å². The van der Waals surface area contributed by atoms with Crippen LogP contribution in [0.2, 0.25) is 0 Å². The number of amides is 1. The first-order valence-corrected chi connectivity index (χ1v) is 7.44. The van der Waals surface area contributed by atoms with E-state index in [1.54, 1.807) is 5.01 Å². The SMILES string of the molecule is O=C1CC2CCCN2N1c1ccc(-c2ccccc2)cn1. The summed E-state index contributed by atoms with van der Waals surface area (Å²) < 4.78 is 0. The first-order valence-electron chi connectivity index (χ1n) is 7.44. The molecule has 0 radical (unpaired) electrons. The Labute approximate surface area is 124 Å². The van der Waals surface area contributed by atoms with Gasteiger partial charge in [0, 0.05) is 30.8 Å². The molecule has 2 aromatic rings. The summed E-state index contributed by atoms with van der Waals surface area (Å²) in [7, 11) is 0. The Morgan fingerprint density at radius 3 is 2.67 bits per heavy atom. The first kappa shape index (κ1) is 12.5. The fourth-order valence-corrected chi connectivity index (χ4v) is 3.29. The molecule has 0 spiro atoms. The van der Waals surface area contributed by atoms with Gasteiger partial charge in [-0.2, -0.15) is 0 Å². The van der Waals surface area contributed by atoms with E-state index in [-0.39, 0.29) is 5.91 Å². The number of pyridine rings is 1. The highest BCUT2D eigenvalue weighted by atomic mass is 16.2. The van der Waals surface area contributed by atoms with Crippen molar-refractivity contribution in [1.29, 1.82) is 0 Å². The second-order valence-electron chi connectivity index (χ2n) is 5.64. The molecule has 2 saturated heterocycles. The Morgan fingerprint density at radius 2 is 1.90 bits per heavy atom. The zero-order valence-corrected chi connectivity index (χ0v) is 11.8. The molecule has 3 heterocycles. The molecule has 1 unspecified atom stereocenters. The highest BCUT2D eigenvalue weighted by molar-refractivity contribution is 5.94. The largest absolute Gasteiger partial charge is 0.273 e. The van der Waals surface area contributed by atoms with Crippen molar-refractivity contribution in [3.05, 3.63) is 48.7 Å². The molecule has 21 heavy (non-hydrogen) atoms. The summed E-state index contributed by atoms with van der Waals surface area (Å²) in [5.74, 6) is 0.906. The number of fused-ring (bicyclic) bond motifs is 1. The van der Waals surface area contributed by atoms with Crippen LogP contribution in [0.25, 0.3) is 11.1 Å². The van der Waals surface area contributed by atoms with Crippen LogP contribution in [0.15, 0.2) is 48.7 Å². The topological polar surface area (TPSA) is 36.4 Å².